The molecule has 0 bridgehead atoms. The van der Waals surface area contributed by atoms with Crippen LogP contribution in [0.2, 0.25) is 0 Å². The van der Waals surface area contributed by atoms with E-state index in [2.05, 4.69) is 0 Å². The molecule has 0 aromatic carbocycles. The molecule has 0 aromatic heterocycles. The van der Waals surface area contributed by atoms with Gasteiger partial charge in [-0.25, -0.2) is 14.5 Å². The van der Waals surface area contributed by atoms with E-state index >= 15 is 0 Å². The van der Waals surface area contributed by atoms with Crippen LogP contribution in [0.25, 0.3) is 0 Å². The number of nitrogens with two attached hydrogens (primary N) is 1. The Morgan fingerprint density at radius 2 is 2.12 bits per heavy atom. The number of amides is 1. The predicted octanol–water partition coefficient (Wildman–Crippen LogP) is 1.14. The van der Waals surface area contributed by atoms with Gasteiger partial charge in [0.2, 0.25) is 0 Å². The zero-order chi connectivity index (χ0) is 12.5. The molecule has 3 N–H and O–H groups in total. The fourth-order valence-electron chi connectivity index (χ4n) is 1.06. The van der Waals surface area contributed by atoms with Crippen molar-refractivity contribution in [1.82, 2.24) is 4.90 Å². The first kappa shape index (κ1) is 12.9. The van der Waals surface area contributed by atoms with Crippen molar-refractivity contribution in [2.45, 2.75) is 31.9 Å². The third-order valence-corrected chi connectivity index (χ3v) is 2.49. The van der Waals surface area contributed by atoms with Crippen LogP contribution >= 0.6 is 11.8 Å². The fourth-order valence-corrected chi connectivity index (χ4v) is 1.86. The van der Waals surface area contributed by atoms with Crippen LogP contribution in [0.4, 0.5) is 4.79 Å². The zero-order valence-corrected chi connectivity index (χ0v) is 10.1. The van der Waals surface area contributed by atoms with Crippen molar-refractivity contribution in [3.63, 3.8) is 0 Å². The molecule has 1 aliphatic heterocycles. The van der Waals surface area contributed by atoms with Gasteiger partial charge in [0.1, 0.15) is 16.8 Å². The normalized spacial score (nSPS) is 20.6. The first-order chi connectivity index (χ1) is 7.22. The van der Waals surface area contributed by atoms with Crippen LogP contribution in [0.5, 0.6) is 0 Å². The maximum Gasteiger partial charge on any atom is 0.417 e. The molecule has 0 fully saturated rings. The lowest BCUT2D eigenvalue weighted by Crippen LogP contribution is -2.44. The van der Waals surface area contributed by atoms with E-state index < -0.39 is 23.2 Å². The Hall–Kier alpha value is -1.21. The lowest BCUT2D eigenvalue weighted by molar-refractivity contribution is -0.134. The highest BCUT2D eigenvalue weighted by molar-refractivity contribution is 8.02. The molecule has 1 unspecified atom stereocenters. The summed E-state index contributed by atoms with van der Waals surface area (Å²) < 4.78 is 5.06. The summed E-state index contributed by atoms with van der Waals surface area (Å²) in [5.41, 5.74) is 4.00. The van der Waals surface area contributed by atoms with Crippen molar-refractivity contribution in [2.24, 2.45) is 5.73 Å². The molecule has 90 valence electrons. The van der Waals surface area contributed by atoms with Crippen LogP contribution in [0, 0.1) is 0 Å². The second kappa shape index (κ2) is 4.34. The first-order valence-corrected chi connectivity index (χ1v) is 5.53. The van der Waals surface area contributed by atoms with Crippen LogP contribution in [0.3, 0.4) is 0 Å². The zero-order valence-electron chi connectivity index (χ0n) is 9.26. The van der Waals surface area contributed by atoms with Gasteiger partial charge in [-0.2, -0.15) is 0 Å². The van der Waals surface area contributed by atoms with Gasteiger partial charge in [-0.05, 0) is 20.8 Å². The molecular formula is C9H14N2O4S. The quantitative estimate of drug-likeness (QED) is 0.720. The van der Waals surface area contributed by atoms with Crippen LogP contribution in [0.1, 0.15) is 20.8 Å². The lowest BCUT2D eigenvalue weighted by atomic mass is 10.2. The number of thioether (sulfide) groups is 1. The molecule has 1 heterocycles. The summed E-state index contributed by atoms with van der Waals surface area (Å²) in [4.78, 5) is 23.5. The molecule has 16 heavy (non-hydrogen) atoms. The summed E-state index contributed by atoms with van der Waals surface area (Å²) in [6.07, 6.45) is -0.751. The molecule has 1 rings (SSSR count). The van der Waals surface area contributed by atoms with E-state index in [1.54, 1.807) is 20.8 Å². The van der Waals surface area contributed by atoms with Crippen molar-refractivity contribution < 1.29 is 19.4 Å². The SMILES string of the molecule is CC(C)(C)OC(=O)N1C(C(=O)O)=CSC1N. The van der Waals surface area contributed by atoms with Gasteiger partial charge in [0.25, 0.3) is 0 Å². The van der Waals surface area contributed by atoms with Gasteiger partial charge >= 0.3 is 12.1 Å². The van der Waals surface area contributed by atoms with Gasteiger partial charge in [0.05, 0.1) is 0 Å². The highest BCUT2D eigenvalue weighted by atomic mass is 32.2. The molecule has 1 atom stereocenters. The molecule has 1 amide bonds. The van der Waals surface area contributed by atoms with Crippen molar-refractivity contribution in [2.75, 3.05) is 0 Å². The number of nitrogens with zero attached hydrogens (tertiary/aromatic N) is 1. The maximum absolute atomic E-state index is 11.7. The van der Waals surface area contributed by atoms with Crippen LogP contribution in [0.15, 0.2) is 11.1 Å². The van der Waals surface area contributed by atoms with Crippen molar-refractivity contribution in [3.8, 4) is 0 Å². The second-order valence-electron chi connectivity index (χ2n) is 4.19. The van der Waals surface area contributed by atoms with E-state index in [-0.39, 0.29) is 5.70 Å². The van der Waals surface area contributed by atoms with E-state index in [4.69, 9.17) is 15.6 Å². The number of aliphatic carboxylic acids is 1. The Morgan fingerprint density at radius 3 is 2.56 bits per heavy atom. The third kappa shape index (κ3) is 2.89. The number of hydrogen-bond donors (Lipinski definition) is 2. The summed E-state index contributed by atoms with van der Waals surface area (Å²) >= 11 is 1.06. The highest BCUT2D eigenvalue weighted by Gasteiger charge is 2.36. The summed E-state index contributed by atoms with van der Waals surface area (Å²) in [7, 11) is 0. The number of ether oxygens (including phenoxy) is 1. The summed E-state index contributed by atoms with van der Waals surface area (Å²) in [5.74, 6) is -1.20. The number of carboxylic acid groups (broad SMARTS) is 1. The third-order valence-electron chi connectivity index (χ3n) is 1.64. The minimum absolute atomic E-state index is 0.160. The maximum atomic E-state index is 11.7. The highest BCUT2D eigenvalue weighted by Crippen LogP contribution is 2.29. The van der Waals surface area contributed by atoms with Crippen molar-refractivity contribution in [1.29, 1.82) is 0 Å². The van der Waals surface area contributed by atoms with E-state index in [1.165, 1.54) is 5.41 Å². The number of carbonyl (C=O) groups excluding carboxylic acids is 1. The average molecular weight is 246 g/mol. The van der Waals surface area contributed by atoms with Gasteiger partial charge < -0.3 is 15.6 Å². The number of rotatable bonds is 1. The Labute approximate surface area is 97.4 Å². The van der Waals surface area contributed by atoms with Crippen LogP contribution in [-0.2, 0) is 9.53 Å². The van der Waals surface area contributed by atoms with Crippen molar-refractivity contribution >= 4 is 23.8 Å². The van der Waals surface area contributed by atoms with Gasteiger partial charge in [-0.1, -0.05) is 11.8 Å². The van der Waals surface area contributed by atoms with E-state index in [9.17, 15) is 9.59 Å². The van der Waals surface area contributed by atoms with Crippen LogP contribution < -0.4 is 5.73 Å². The summed E-state index contributed by atoms with van der Waals surface area (Å²) in [5, 5.41) is 10.2. The molecule has 1 aliphatic rings. The monoisotopic (exact) mass is 246 g/mol. The number of carboxylic acids is 1. The smallest absolute Gasteiger partial charge is 0.417 e. The molecule has 0 spiro atoms. The van der Waals surface area contributed by atoms with Gasteiger partial charge in [-0.3, -0.25) is 0 Å². The molecular weight excluding hydrogens is 232 g/mol. The number of hydrogen-bond acceptors (Lipinski definition) is 5. The Balaban J connectivity index is 2.82. The molecule has 7 heteroatoms. The number of carbonyl (C=O) groups is 2. The Bertz CT molecular complexity index is 348. The second-order valence-corrected chi connectivity index (χ2v) is 5.18. The van der Waals surface area contributed by atoms with Gasteiger partial charge in [0.15, 0.2) is 0 Å². The average Bonchev–Trinajstić information content (AvgIpc) is 2.43. The molecule has 6 nitrogen and oxygen atoms in total. The summed E-state index contributed by atoms with van der Waals surface area (Å²) in [6, 6.07) is 0. The largest absolute Gasteiger partial charge is 0.477 e. The molecule has 0 radical (unpaired) electrons. The van der Waals surface area contributed by atoms with E-state index in [1.807, 2.05) is 0 Å². The lowest BCUT2D eigenvalue weighted by Gasteiger charge is -2.27. The van der Waals surface area contributed by atoms with Gasteiger partial charge in [-0.15, -0.1) is 0 Å². The first-order valence-electron chi connectivity index (χ1n) is 4.59. The topological polar surface area (TPSA) is 92.9 Å². The Kier molecular flexibility index (Phi) is 3.49. The van der Waals surface area contributed by atoms with E-state index in [0.717, 1.165) is 16.7 Å². The van der Waals surface area contributed by atoms with Crippen LogP contribution in [-0.4, -0.2) is 33.2 Å². The predicted molar refractivity (Wildman–Crippen MR) is 59.4 cm³/mol. The minimum atomic E-state index is -1.20. The molecule has 0 aromatic rings. The molecule has 0 saturated carbocycles. The Morgan fingerprint density at radius 1 is 1.56 bits per heavy atom. The minimum Gasteiger partial charge on any atom is -0.477 e. The van der Waals surface area contributed by atoms with Crippen molar-refractivity contribution in [3.05, 3.63) is 11.1 Å². The molecule has 0 saturated heterocycles. The summed E-state index contributed by atoms with van der Waals surface area (Å²) in [6.45, 7) is 5.09. The molecule has 0 aliphatic carbocycles. The van der Waals surface area contributed by atoms with Gasteiger partial charge in [0, 0.05) is 5.41 Å². The van der Waals surface area contributed by atoms with E-state index in [0.29, 0.717) is 0 Å². The fraction of sp³-hybridized carbons (Fsp3) is 0.556. The standard InChI is InChI=1S/C9H14N2O4S/c1-9(2,3)15-8(14)11-5(6(12)13)4-16-7(11)10/h4,7H,10H2,1-3H3,(H,12,13).